The van der Waals surface area contributed by atoms with Gasteiger partial charge in [0, 0.05) is 3.57 Å². The average Bonchev–Trinajstić information content (AvgIpc) is 2.03. The molecule has 70 valence electrons. The van der Waals surface area contributed by atoms with Crippen molar-refractivity contribution in [2.45, 2.75) is 13.2 Å². The van der Waals surface area contributed by atoms with Crippen LogP contribution in [0.4, 0.5) is 0 Å². The number of halogens is 1. The van der Waals surface area contributed by atoms with Crippen molar-refractivity contribution in [2.75, 3.05) is 0 Å². The first kappa shape index (κ1) is 10.5. The number of aliphatic hydroxyl groups is 1. The molecule has 0 aromatic heterocycles. The van der Waals surface area contributed by atoms with Gasteiger partial charge in [-0.15, -0.1) is 0 Å². The molecule has 0 aliphatic rings. The fourth-order valence-electron chi connectivity index (χ4n) is 0.913. The van der Waals surface area contributed by atoms with Gasteiger partial charge in [0.2, 0.25) is 0 Å². The Morgan fingerprint density at radius 2 is 2.15 bits per heavy atom. The Balaban J connectivity index is 2.83. The number of amides is 1. The van der Waals surface area contributed by atoms with E-state index in [0.29, 0.717) is 5.56 Å². The van der Waals surface area contributed by atoms with Gasteiger partial charge in [0.25, 0.3) is 5.91 Å². The van der Waals surface area contributed by atoms with E-state index >= 15 is 0 Å². The first-order valence-electron chi connectivity index (χ1n) is 3.84. The van der Waals surface area contributed by atoms with Crippen molar-refractivity contribution in [2.24, 2.45) is 0 Å². The zero-order valence-electron chi connectivity index (χ0n) is 7.12. The lowest BCUT2D eigenvalue weighted by molar-refractivity contribution is 0.0818. The number of carbonyl (C=O) groups excluding carboxylic acids is 1. The quantitative estimate of drug-likeness (QED) is 0.638. The molecule has 2 N–H and O–H groups in total. The molecule has 0 bridgehead atoms. The molecule has 0 saturated carbocycles. The second-order valence-electron chi connectivity index (χ2n) is 2.63. The Morgan fingerprint density at radius 3 is 2.69 bits per heavy atom. The fraction of sp³-hybridized carbons (Fsp3) is 0.222. The fourth-order valence-corrected chi connectivity index (χ4v) is 1.55. The molecule has 1 amide bonds. The molecule has 0 saturated heterocycles. The summed E-state index contributed by atoms with van der Waals surface area (Å²) in [5, 5.41) is 11.4. The minimum Gasteiger partial charge on any atom is -0.374 e. The number of carbonyl (C=O) groups is 1. The van der Waals surface area contributed by atoms with Crippen LogP contribution in [0.25, 0.3) is 0 Å². The van der Waals surface area contributed by atoms with Crippen LogP contribution in [0.5, 0.6) is 0 Å². The Labute approximate surface area is 90.3 Å². The normalized spacial score (nSPS) is 12.2. The average molecular weight is 291 g/mol. The maximum absolute atomic E-state index is 11.4. The van der Waals surface area contributed by atoms with Crippen LogP contribution in [0.1, 0.15) is 17.3 Å². The second-order valence-corrected chi connectivity index (χ2v) is 3.79. The molecule has 1 aromatic carbocycles. The lowest BCUT2D eigenvalue weighted by Gasteiger charge is -2.08. The predicted octanol–water partition coefficient (Wildman–Crippen LogP) is 1.36. The van der Waals surface area contributed by atoms with Crippen LogP contribution in [-0.4, -0.2) is 17.2 Å². The summed E-state index contributed by atoms with van der Waals surface area (Å²) in [6, 6.07) is 7.22. The summed E-state index contributed by atoms with van der Waals surface area (Å²) in [5.41, 5.74) is 0.587. The minimum atomic E-state index is -0.816. The van der Waals surface area contributed by atoms with Gasteiger partial charge in [0.15, 0.2) is 0 Å². The van der Waals surface area contributed by atoms with Gasteiger partial charge in [-0.3, -0.25) is 4.79 Å². The van der Waals surface area contributed by atoms with E-state index in [1.165, 1.54) is 6.92 Å². The van der Waals surface area contributed by atoms with Gasteiger partial charge in [-0.1, -0.05) is 12.1 Å². The highest BCUT2D eigenvalue weighted by molar-refractivity contribution is 14.1. The summed E-state index contributed by atoms with van der Waals surface area (Å²) in [7, 11) is 0. The first-order chi connectivity index (χ1) is 6.11. The van der Waals surface area contributed by atoms with Crippen LogP contribution < -0.4 is 5.32 Å². The van der Waals surface area contributed by atoms with Crippen LogP contribution >= 0.6 is 22.6 Å². The summed E-state index contributed by atoms with van der Waals surface area (Å²) < 4.78 is 0.873. The van der Waals surface area contributed by atoms with Crippen LogP contribution in [0.15, 0.2) is 24.3 Å². The van der Waals surface area contributed by atoms with Gasteiger partial charge < -0.3 is 10.4 Å². The number of benzene rings is 1. The predicted molar refractivity (Wildman–Crippen MR) is 58.3 cm³/mol. The molecule has 0 fully saturated rings. The van der Waals surface area contributed by atoms with Crippen LogP contribution in [0.2, 0.25) is 0 Å². The molecule has 3 nitrogen and oxygen atoms in total. The van der Waals surface area contributed by atoms with Gasteiger partial charge >= 0.3 is 0 Å². The highest BCUT2D eigenvalue weighted by Crippen LogP contribution is 2.10. The largest absolute Gasteiger partial charge is 0.374 e. The maximum atomic E-state index is 11.4. The number of rotatable bonds is 2. The highest BCUT2D eigenvalue weighted by Gasteiger charge is 2.09. The molecule has 0 aliphatic heterocycles. The third-order valence-corrected chi connectivity index (χ3v) is 2.40. The summed E-state index contributed by atoms with van der Waals surface area (Å²) in [5.74, 6) is -0.250. The van der Waals surface area contributed by atoms with Gasteiger partial charge in [-0.2, -0.15) is 0 Å². The van der Waals surface area contributed by atoms with Gasteiger partial charge in [0.1, 0.15) is 6.23 Å². The van der Waals surface area contributed by atoms with Gasteiger partial charge in [0.05, 0.1) is 5.56 Å². The SMILES string of the molecule is CC(O)NC(=O)c1ccccc1I. The number of nitrogens with one attached hydrogen (secondary N) is 1. The first-order valence-corrected chi connectivity index (χ1v) is 4.92. The molecule has 0 radical (unpaired) electrons. The van der Waals surface area contributed by atoms with Gasteiger partial charge in [-0.05, 0) is 41.6 Å². The molecular formula is C9H10INO2. The van der Waals surface area contributed by atoms with Crippen molar-refractivity contribution in [1.82, 2.24) is 5.32 Å². The molecule has 13 heavy (non-hydrogen) atoms. The monoisotopic (exact) mass is 291 g/mol. The number of aliphatic hydroxyl groups excluding tert-OH is 1. The van der Waals surface area contributed by atoms with Crippen molar-refractivity contribution in [3.05, 3.63) is 33.4 Å². The third kappa shape index (κ3) is 2.96. The number of hydrogen-bond donors (Lipinski definition) is 2. The summed E-state index contributed by atoms with van der Waals surface area (Å²) in [6.45, 7) is 1.51. The summed E-state index contributed by atoms with van der Waals surface area (Å²) >= 11 is 2.08. The lowest BCUT2D eigenvalue weighted by Crippen LogP contribution is -2.32. The van der Waals surface area contributed by atoms with Gasteiger partial charge in [-0.25, -0.2) is 0 Å². The highest BCUT2D eigenvalue weighted by atomic mass is 127. The van der Waals surface area contributed by atoms with E-state index in [9.17, 15) is 4.79 Å². The number of hydrogen-bond acceptors (Lipinski definition) is 2. The molecule has 1 aromatic rings. The molecule has 0 aliphatic carbocycles. The molecule has 0 heterocycles. The molecule has 1 rings (SSSR count). The molecule has 1 unspecified atom stereocenters. The Kier molecular flexibility index (Phi) is 3.68. The minimum absolute atomic E-state index is 0.250. The van der Waals surface area contributed by atoms with Crippen LogP contribution in [0, 0.1) is 3.57 Å². The molecule has 4 heteroatoms. The van der Waals surface area contributed by atoms with Crippen LogP contribution in [0.3, 0.4) is 0 Å². The molecule has 1 atom stereocenters. The Hall–Kier alpha value is -0.620. The molecular weight excluding hydrogens is 281 g/mol. The van der Waals surface area contributed by atoms with E-state index in [4.69, 9.17) is 5.11 Å². The van der Waals surface area contributed by atoms with E-state index in [1.807, 2.05) is 12.1 Å². The standard InChI is InChI=1S/C9H10INO2/c1-6(12)11-9(13)7-4-2-3-5-8(7)10/h2-6,12H,1H3,(H,11,13). The third-order valence-electron chi connectivity index (χ3n) is 1.46. The van der Waals surface area contributed by atoms with E-state index in [-0.39, 0.29) is 5.91 Å². The zero-order chi connectivity index (χ0) is 9.84. The van der Waals surface area contributed by atoms with E-state index < -0.39 is 6.23 Å². The second kappa shape index (κ2) is 4.57. The van der Waals surface area contributed by atoms with Crippen molar-refractivity contribution >= 4 is 28.5 Å². The molecule has 0 spiro atoms. The maximum Gasteiger partial charge on any atom is 0.254 e. The van der Waals surface area contributed by atoms with Crippen molar-refractivity contribution < 1.29 is 9.90 Å². The van der Waals surface area contributed by atoms with Crippen LogP contribution in [-0.2, 0) is 0 Å². The zero-order valence-corrected chi connectivity index (χ0v) is 9.28. The lowest BCUT2D eigenvalue weighted by atomic mass is 10.2. The van der Waals surface area contributed by atoms with E-state index in [0.717, 1.165) is 3.57 Å². The van der Waals surface area contributed by atoms with E-state index in [2.05, 4.69) is 27.9 Å². The summed E-state index contributed by atoms with van der Waals surface area (Å²) in [6.07, 6.45) is -0.816. The Morgan fingerprint density at radius 1 is 1.54 bits per heavy atom. The van der Waals surface area contributed by atoms with Crippen molar-refractivity contribution in [3.8, 4) is 0 Å². The topological polar surface area (TPSA) is 49.3 Å². The van der Waals surface area contributed by atoms with Crippen molar-refractivity contribution in [3.63, 3.8) is 0 Å². The Bertz CT molecular complexity index is 312. The van der Waals surface area contributed by atoms with Crippen molar-refractivity contribution in [1.29, 1.82) is 0 Å². The smallest absolute Gasteiger partial charge is 0.254 e. The summed E-state index contributed by atoms with van der Waals surface area (Å²) in [4.78, 5) is 11.4. The van der Waals surface area contributed by atoms with E-state index in [1.54, 1.807) is 12.1 Å².